The number of carbonyl (C=O) groups is 2. The highest BCUT2D eigenvalue weighted by Gasteiger charge is 2.30. The summed E-state index contributed by atoms with van der Waals surface area (Å²) in [6.07, 6.45) is 4.92. The first kappa shape index (κ1) is 23.5. The molecule has 0 saturated heterocycles. The Labute approximate surface area is 195 Å². The summed E-state index contributed by atoms with van der Waals surface area (Å²) in [6, 6.07) is 16.4. The van der Waals surface area contributed by atoms with E-state index in [9.17, 15) is 9.59 Å². The van der Waals surface area contributed by atoms with E-state index < -0.39 is 12.0 Å². The number of nitrogens with one attached hydrogen (secondary N) is 2. The van der Waals surface area contributed by atoms with E-state index in [-0.39, 0.29) is 11.5 Å². The number of methoxy groups -OCH3 is 1. The van der Waals surface area contributed by atoms with Gasteiger partial charge in [-0.15, -0.1) is 0 Å². The number of thioether (sulfide) groups is 1. The van der Waals surface area contributed by atoms with Crippen LogP contribution in [0.25, 0.3) is 0 Å². The molecule has 2 aromatic carbocycles. The van der Waals surface area contributed by atoms with Crippen LogP contribution in [0, 0.1) is 11.3 Å². The summed E-state index contributed by atoms with van der Waals surface area (Å²) < 4.78 is 4.62. The number of halogens is 1. The second-order valence-corrected chi connectivity index (χ2v) is 8.13. The molecule has 0 heterocycles. The number of ether oxygens (including phenoxy) is 1. The van der Waals surface area contributed by atoms with Crippen molar-refractivity contribution in [2.24, 2.45) is 10.9 Å². The number of aliphatic imine (C=N–C) groups is 1. The van der Waals surface area contributed by atoms with E-state index >= 15 is 0 Å². The van der Waals surface area contributed by atoms with Crippen LogP contribution in [0.4, 0.5) is 4.79 Å². The van der Waals surface area contributed by atoms with E-state index in [0.29, 0.717) is 33.4 Å². The Morgan fingerprint density at radius 2 is 1.81 bits per heavy atom. The van der Waals surface area contributed by atoms with Gasteiger partial charge < -0.3 is 10.1 Å². The molecule has 1 aliphatic rings. The second-order valence-electron chi connectivity index (χ2n) is 6.90. The summed E-state index contributed by atoms with van der Waals surface area (Å²) in [4.78, 5) is 29.3. The van der Waals surface area contributed by atoms with Gasteiger partial charge in [0.15, 0.2) is 11.0 Å². The minimum Gasteiger partial charge on any atom is -0.453 e. The molecule has 0 aromatic heterocycles. The van der Waals surface area contributed by atoms with Crippen LogP contribution in [-0.2, 0) is 11.2 Å². The fraction of sp³-hybridized carbons (Fsp3) is 0.167. The molecule has 0 radical (unpaired) electrons. The van der Waals surface area contributed by atoms with E-state index in [4.69, 9.17) is 17.0 Å². The van der Waals surface area contributed by atoms with Gasteiger partial charge in [0.2, 0.25) is 0 Å². The number of rotatable bonds is 5. The molecular formula is C24H22ClN3O3S. The van der Waals surface area contributed by atoms with Gasteiger partial charge in [0, 0.05) is 22.1 Å². The monoisotopic (exact) mass is 467 g/mol. The third kappa shape index (κ3) is 5.75. The first-order chi connectivity index (χ1) is 15.4. The number of amides is 1. The molecule has 0 saturated carbocycles. The molecule has 0 aliphatic heterocycles. The Bertz CT molecular complexity index is 1110. The van der Waals surface area contributed by atoms with E-state index in [0.717, 1.165) is 5.56 Å². The van der Waals surface area contributed by atoms with Gasteiger partial charge in [-0.3, -0.25) is 10.1 Å². The van der Waals surface area contributed by atoms with E-state index in [1.165, 1.54) is 18.9 Å². The quantitative estimate of drug-likeness (QED) is 0.354. The number of hydrogen-bond acceptors (Lipinski definition) is 6. The van der Waals surface area contributed by atoms with Crippen molar-refractivity contribution in [3.63, 3.8) is 0 Å². The van der Waals surface area contributed by atoms with Gasteiger partial charge in [-0.1, -0.05) is 59.8 Å². The van der Waals surface area contributed by atoms with Crippen LogP contribution in [-0.4, -0.2) is 36.1 Å². The normalized spacial score (nSPS) is 16.2. The third-order valence-corrected chi connectivity index (χ3v) is 5.71. The molecule has 0 fully saturated rings. The topological polar surface area (TPSA) is 91.6 Å². The fourth-order valence-corrected chi connectivity index (χ4v) is 3.74. The van der Waals surface area contributed by atoms with Crippen molar-refractivity contribution in [2.45, 2.75) is 6.42 Å². The van der Waals surface area contributed by atoms with Gasteiger partial charge in [0.05, 0.1) is 18.5 Å². The van der Waals surface area contributed by atoms with E-state index in [1.54, 1.807) is 42.7 Å². The summed E-state index contributed by atoms with van der Waals surface area (Å²) in [7, 11) is 1.27. The second kappa shape index (κ2) is 10.9. The number of allylic oxidation sites excluding steroid dienone is 4. The van der Waals surface area contributed by atoms with Gasteiger partial charge >= 0.3 is 6.09 Å². The van der Waals surface area contributed by atoms with Gasteiger partial charge in [-0.05, 0) is 48.6 Å². The average Bonchev–Trinajstić information content (AvgIpc) is 2.81. The van der Waals surface area contributed by atoms with Crippen molar-refractivity contribution in [3.05, 3.63) is 94.2 Å². The molecule has 6 nitrogen and oxygen atoms in total. The first-order valence-electron chi connectivity index (χ1n) is 9.75. The number of amidine groups is 1. The fourth-order valence-electron chi connectivity index (χ4n) is 3.24. The highest BCUT2D eigenvalue weighted by atomic mass is 35.5. The highest BCUT2D eigenvalue weighted by Crippen LogP contribution is 2.30. The van der Waals surface area contributed by atoms with Crippen molar-refractivity contribution in [3.8, 4) is 0 Å². The van der Waals surface area contributed by atoms with Crippen LogP contribution >= 0.6 is 23.4 Å². The number of hydrogen-bond donors (Lipinski definition) is 2. The first-order valence-corrected chi connectivity index (χ1v) is 11.4. The van der Waals surface area contributed by atoms with Gasteiger partial charge in [-0.2, -0.15) is 0 Å². The average molecular weight is 468 g/mol. The van der Waals surface area contributed by atoms with E-state index in [2.05, 4.69) is 15.0 Å². The SMILES string of the molecule is COC(=O)NC(=NC1=CC=C(C(=O)c2ccc(Cl)cc2)C(Cc2ccccc2)C1=N)SC. The Kier molecular flexibility index (Phi) is 8.03. The molecule has 164 valence electrons. The van der Waals surface area contributed by atoms with Crippen LogP contribution in [0.2, 0.25) is 5.02 Å². The lowest BCUT2D eigenvalue weighted by molar-refractivity contribution is 0.102. The number of Topliss-reactive ketones (excluding diaryl/α,β-unsaturated/α-hetero) is 1. The lowest BCUT2D eigenvalue weighted by Gasteiger charge is -2.24. The zero-order chi connectivity index (χ0) is 23.1. The maximum atomic E-state index is 13.3. The van der Waals surface area contributed by atoms with Crippen LogP contribution in [0.3, 0.4) is 0 Å². The molecule has 3 rings (SSSR count). The zero-order valence-corrected chi connectivity index (χ0v) is 19.2. The Morgan fingerprint density at radius 1 is 1.12 bits per heavy atom. The van der Waals surface area contributed by atoms with Crippen molar-refractivity contribution in [1.82, 2.24) is 5.32 Å². The predicted octanol–water partition coefficient (Wildman–Crippen LogP) is 5.30. The summed E-state index contributed by atoms with van der Waals surface area (Å²) in [5.41, 5.74) is 2.59. The Balaban J connectivity index is 1.99. The molecule has 1 amide bonds. The third-order valence-electron chi connectivity index (χ3n) is 4.88. The maximum Gasteiger partial charge on any atom is 0.412 e. The number of benzene rings is 2. The lowest BCUT2D eigenvalue weighted by Crippen LogP contribution is -2.30. The zero-order valence-electron chi connectivity index (χ0n) is 17.6. The molecular weight excluding hydrogens is 446 g/mol. The van der Waals surface area contributed by atoms with Crippen molar-refractivity contribution in [2.75, 3.05) is 13.4 Å². The summed E-state index contributed by atoms with van der Waals surface area (Å²) in [6.45, 7) is 0. The molecule has 0 bridgehead atoms. The lowest BCUT2D eigenvalue weighted by atomic mass is 9.80. The molecule has 32 heavy (non-hydrogen) atoms. The minimum atomic E-state index is -0.643. The molecule has 0 spiro atoms. The molecule has 8 heteroatoms. The summed E-state index contributed by atoms with van der Waals surface area (Å²) in [5, 5.41) is 12.2. The highest BCUT2D eigenvalue weighted by molar-refractivity contribution is 8.13. The van der Waals surface area contributed by atoms with Gasteiger partial charge in [-0.25, -0.2) is 9.79 Å². The standard InChI is InChI=1S/C24H22ClN3O3S/c1-31-24(30)28-23(32-2)27-20-13-12-18(22(29)16-8-10-17(25)11-9-16)19(21(20)26)14-15-6-4-3-5-7-15/h3-13,19,26H,14H2,1-2H3,(H,27,28,30). The maximum absolute atomic E-state index is 13.3. The van der Waals surface area contributed by atoms with Crippen molar-refractivity contribution < 1.29 is 14.3 Å². The number of carbonyl (C=O) groups excluding carboxylic acids is 2. The predicted molar refractivity (Wildman–Crippen MR) is 130 cm³/mol. The number of alkyl carbamates (subject to hydrolysis) is 1. The van der Waals surface area contributed by atoms with Crippen molar-refractivity contribution >= 4 is 46.1 Å². The summed E-state index contributed by atoms with van der Waals surface area (Å²) >= 11 is 7.18. The van der Waals surface area contributed by atoms with E-state index in [1.807, 2.05) is 30.3 Å². The minimum absolute atomic E-state index is 0.163. The molecule has 2 N–H and O–H groups in total. The molecule has 2 aromatic rings. The van der Waals surface area contributed by atoms with Gasteiger partial charge in [0.1, 0.15) is 0 Å². The van der Waals surface area contributed by atoms with Crippen LogP contribution < -0.4 is 5.32 Å². The molecule has 1 aliphatic carbocycles. The van der Waals surface area contributed by atoms with Crippen LogP contribution in [0.1, 0.15) is 15.9 Å². The van der Waals surface area contributed by atoms with Gasteiger partial charge in [0.25, 0.3) is 0 Å². The molecule has 1 atom stereocenters. The van der Waals surface area contributed by atoms with Crippen LogP contribution in [0.15, 0.2) is 83.0 Å². The number of ketones is 1. The van der Waals surface area contributed by atoms with Crippen molar-refractivity contribution in [1.29, 1.82) is 5.41 Å². The van der Waals surface area contributed by atoms with Crippen LogP contribution in [0.5, 0.6) is 0 Å². The summed E-state index contributed by atoms with van der Waals surface area (Å²) in [5.74, 6) is -0.657. The Morgan fingerprint density at radius 3 is 2.44 bits per heavy atom. The Hall–Kier alpha value is -3.16. The smallest absolute Gasteiger partial charge is 0.412 e. The largest absolute Gasteiger partial charge is 0.453 e. The molecule has 1 unspecified atom stereocenters. The number of nitrogens with zero attached hydrogens (tertiary/aromatic N) is 1.